The molecule has 1 atom stereocenters. The highest BCUT2D eigenvalue weighted by molar-refractivity contribution is 5.87. The fourth-order valence-electron chi connectivity index (χ4n) is 2.75. The molecule has 0 aliphatic heterocycles. The average Bonchev–Trinajstić information content (AvgIpc) is 3.00. The normalized spacial score (nSPS) is 11.6. The van der Waals surface area contributed by atoms with Gasteiger partial charge in [0.1, 0.15) is 12.4 Å². The van der Waals surface area contributed by atoms with E-state index < -0.39 is 0 Å². The molecule has 0 saturated heterocycles. The van der Waals surface area contributed by atoms with E-state index in [1.165, 1.54) is 6.08 Å². The molecular weight excluding hydrogens is 328 g/mol. The number of benzene rings is 1. The molecular formula is C20H24N4O2. The van der Waals surface area contributed by atoms with Crippen molar-refractivity contribution in [2.75, 3.05) is 13.1 Å². The number of nitrogens with zero attached hydrogens (tertiary/aromatic N) is 3. The van der Waals surface area contributed by atoms with Crippen LogP contribution in [0.1, 0.15) is 18.8 Å². The summed E-state index contributed by atoms with van der Waals surface area (Å²) in [6, 6.07) is 7.21. The maximum absolute atomic E-state index is 12.8. The summed E-state index contributed by atoms with van der Waals surface area (Å²) in [5, 5.41) is 2.80. The van der Waals surface area contributed by atoms with Crippen molar-refractivity contribution >= 4 is 22.8 Å². The molecule has 0 radical (unpaired) electrons. The van der Waals surface area contributed by atoms with Gasteiger partial charge in [0, 0.05) is 13.1 Å². The van der Waals surface area contributed by atoms with Crippen LogP contribution in [0.3, 0.4) is 0 Å². The summed E-state index contributed by atoms with van der Waals surface area (Å²) in [6.07, 6.45) is 4.58. The van der Waals surface area contributed by atoms with Crippen LogP contribution in [-0.4, -0.2) is 39.4 Å². The number of amides is 2. The van der Waals surface area contributed by atoms with Crippen molar-refractivity contribution in [3.8, 4) is 0 Å². The number of rotatable bonds is 9. The fraction of sp³-hybridized carbons (Fsp3) is 0.250. The average molecular weight is 352 g/mol. The van der Waals surface area contributed by atoms with Gasteiger partial charge in [0.05, 0.1) is 17.1 Å². The molecule has 0 aliphatic rings. The van der Waals surface area contributed by atoms with E-state index in [1.807, 2.05) is 35.8 Å². The lowest BCUT2D eigenvalue weighted by atomic mass is 10.3. The summed E-state index contributed by atoms with van der Waals surface area (Å²) in [5.74, 6) is 0.255. The van der Waals surface area contributed by atoms with E-state index in [0.29, 0.717) is 18.9 Å². The Balaban J connectivity index is 2.40. The van der Waals surface area contributed by atoms with Crippen molar-refractivity contribution in [1.82, 2.24) is 19.8 Å². The van der Waals surface area contributed by atoms with Gasteiger partial charge in [-0.1, -0.05) is 30.9 Å². The van der Waals surface area contributed by atoms with Crippen LogP contribution in [0.2, 0.25) is 0 Å². The van der Waals surface area contributed by atoms with Crippen LogP contribution < -0.4 is 5.32 Å². The van der Waals surface area contributed by atoms with Crippen LogP contribution >= 0.6 is 0 Å². The Labute approximate surface area is 153 Å². The summed E-state index contributed by atoms with van der Waals surface area (Å²) < 4.78 is 1.84. The molecule has 6 nitrogen and oxygen atoms in total. The Morgan fingerprint density at radius 1 is 1.23 bits per heavy atom. The first-order valence-electron chi connectivity index (χ1n) is 8.39. The molecule has 6 heteroatoms. The minimum Gasteiger partial charge on any atom is -0.343 e. The SMILES string of the molecule is C=CCN(CC=C)C(=O)Cn1c(C(C)NC(=O)C=C)nc2ccccc21. The second kappa shape index (κ2) is 8.80. The van der Waals surface area contributed by atoms with Gasteiger partial charge in [-0.05, 0) is 25.1 Å². The predicted octanol–water partition coefficient (Wildman–Crippen LogP) is 2.60. The van der Waals surface area contributed by atoms with E-state index in [-0.39, 0.29) is 24.4 Å². The second-order valence-corrected chi connectivity index (χ2v) is 5.86. The highest BCUT2D eigenvalue weighted by atomic mass is 16.2. The molecule has 1 unspecified atom stereocenters. The number of hydrogen-bond acceptors (Lipinski definition) is 3. The first-order chi connectivity index (χ1) is 12.5. The standard InChI is InChI=1S/C20H24N4O2/c1-5-12-23(13-6-2)19(26)14-24-17-11-9-8-10-16(17)22-20(24)15(4)21-18(25)7-3/h5-11,15H,1-3,12-14H2,4H3,(H,21,25). The van der Waals surface area contributed by atoms with Gasteiger partial charge in [-0.15, -0.1) is 13.2 Å². The molecule has 0 fully saturated rings. The number of carbonyl (C=O) groups is 2. The molecule has 136 valence electrons. The number of aromatic nitrogens is 2. The summed E-state index contributed by atoms with van der Waals surface area (Å²) in [6.45, 7) is 13.7. The predicted molar refractivity (Wildman–Crippen MR) is 103 cm³/mol. The van der Waals surface area contributed by atoms with Gasteiger partial charge in [0.15, 0.2) is 0 Å². The molecule has 1 N–H and O–H groups in total. The van der Waals surface area contributed by atoms with E-state index in [1.54, 1.807) is 17.1 Å². The van der Waals surface area contributed by atoms with E-state index in [4.69, 9.17) is 0 Å². The summed E-state index contributed by atoms with van der Waals surface area (Å²) in [4.78, 5) is 30.7. The van der Waals surface area contributed by atoms with Crippen molar-refractivity contribution in [3.63, 3.8) is 0 Å². The lowest BCUT2D eigenvalue weighted by Gasteiger charge is -2.21. The zero-order valence-electron chi connectivity index (χ0n) is 15.0. The Bertz CT molecular complexity index is 827. The van der Waals surface area contributed by atoms with Crippen molar-refractivity contribution < 1.29 is 9.59 Å². The highest BCUT2D eigenvalue weighted by Gasteiger charge is 2.21. The van der Waals surface area contributed by atoms with Crippen LogP contribution in [0.15, 0.2) is 62.2 Å². The molecule has 0 aliphatic carbocycles. The lowest BCUT2D eigenvalue weighted by Crippen LogP contribution is -2.35. The maximum Gasteiger partial charge on any atom is 0.243 e. The summed E-state index contributed by atoms with van der Waals surface area (Å²) >= 11 is 0. The monoisotopic (exact) mass is 352 g/mol. The summed E-state index contributed by atoms with van der Waals surface area (Å²) in [7, 11) is 0. The zero-order valence-corrected chi connectivity index (χ0v) is 15.0. The molecule has 0 saturated carbocycles. The smallest absolute Gasteiger partial charge is 0.243 e. The van der Waals surface area contributed by atoms with E-state index >= 15 is 0 Å². The minimum absolute atomic E-state index is 0.0727. The van der Waals surface area contributed by atoms with E-state index in [2.05, 4.69) is 30.0 Å². The van der Waals surface area contributed by atoms with Crippen molar-refractivity contribution in [3.05, 3.63) is 68.1 Å². The largest absolute Gasteiger partial charge is 0.343 e. The highest BCUT2D eigenvalue weighted by Crippen LogP contribution is 2.21. The molecule has 1 aromatic heterocycles. The minimum atomic E-state index is -0.368. The van der Waals surface area contributed by atoms with Gasteiger partial charge < -0.3 is 14.8 Å². The van der Waals surface area contributed by atoms with Gasteiger partial charge in [-0.3, -0.25) is 9.59 Å². The van der Waals surface area contributed by atoms with E-state index in [9.17, 15) is 9.59 Å². The van der Waals surface area contributed by atoms with Crippen molar-refractivity contribution in [2.45, 2.75) is 19.5 Å². The Kier molecular flexibility index (Phi) is 6.49. The lowest BCUT2D eigenvalue weighted by molar-refractivity contribution is -0.130. The molecule has 2 rings (SSSR count). The molecule has 2 amide bonds. The Hall–Kier alpha value is -3.15. The van der Waals surface area contributed by atoms with E-state index in [0.717, 1.165) is 11.0 Å². The van der Waals surface area contributed by atoms with Crippen molar-refractivity contribution in [2.24, 2.45) is 0 Å². The van der Waals surface area contributed by atoms with Gasteiger partial charge in [0.25, 0.3) is 0 Å². The number of imidazole rings is 1. The third-order valence-corrected chi connectivity index (χ3v) is 3.96. The quantitative estimate of drug-likeness (QED) is 0.557. The molecule has 2 aromatic rings. The van der Waals surface area contributed by atoms with Crippen LogP contribution in [0, 0.1) is 0 Å². The van der Waals surface area contributed by atoms with Crippen LogP contribution in [0.5, 0.6) is 0 Å². The van der Waals surface area contributed by atoms with Crippen molar-refractivity contribution in [1.29, 1.82) is 0 Å². The number of para-hydroxylation sites is 2. The second-order valence-electron chi connectivity index (χ2n) is 5.86. The molecule has 1 heterocycles. The third kappa shape index (κ3) is 4.27. The first kappa shape index (κ1) is 19.2. The number of nitrogens with one attached hydrogen (secondary N) is 1. The number of hydrogen-bond donors (Lipinski definition) is 1. The molecule has 26 heavy (non-hydrogen) atoms. The van der Waals surface area contributed by atoms with Gasteiger partial charge in [-0.25, -0.2) is 4.98 Å². The molecule has 0 bridgehead atoms. The fourth-order valence-corrected chi connectivity index (χ4v) is 2.75. The Morgan fingerprint density at radius 3 is 2.50 bits per heavy atom. The maximum atomic E-state index is 12.8. The molecule has 1 aromatic carbocycles. The summed E-state index contributed by atoms with van der Waals surface area (Å²) in [5.41, 5.74) is 1.61. The number of fused-ring (bicyclic) bond motifs is 1. The van der Waals surface area contributed by atoms with Crippen LogP contribution in [-0.2, 0) is 16.1 Å². The molecule has 0 spiro atoms. The van der Waals surface area contributed by atoms with Gasteiger partial charge in [-0.2, -0.15) is 0 Å². The third-order valence-electron chi connectivity index (χ3n) is 3.96. The topological polar surface area (TPSA) is 67.2 Å². The zero-order chi connectivity index (χ0) is 19.1. The Morgan fingerprint density at radius 2 is 1.88 bits per heavy atom. The van der Waals surface area contributed by atoms with Gasteiger partial charge >= 0.3 is 0 Å². The first-order valence-corrected chi connectivity index (χ1v) is 8.39. The van der Waals surface area contributed by atoms with Crippen LogP contribution in [0.25, 0.3) is 11.0 Å². The van der Waals surface area contributed by atoms with Gasteiger partial charge in [0.2, 0.25) is 11.8 Å². The van der Waals surface area contributed by atoms with Crippen LogP contribution in [0.4, 0.5) is 0 Å². The number of carbonyl (C=O) groups excluding carboxylic acids is 2.